The summed E-state index contributed by atoms with van der Waals surface area (Å²) in [5.74, 6) is 2.56. The summed E-state index contributed by atoms with van der Waals surface area (Å²) < 4.78 is 10.4. The fourth-order valence-corrected chi connectivity index (χ4v) is 10.9. The highest BCUT2D eigenvalue weighted by molar-refractivity contribution is 5.87. The number of aromatic amines is 2. The number of hydrogen-bond donors (Lipinski definition) is 3. The van der Waals surface area contributed by atoms with E-state index in [1.165, 1.54) is 12.7 Å². The number of amides is 3. The molecule has 3 aromatic heterocycles. The van der Waals surface area contributed by atoms with Crippen molar-refractivity contribution in [3.05, 3.63) is 108 Å². The molecule has 0 unspecified atom stereocenters. The lowest BCUT2D eigenvalue weighted by atomic mass is 10.0. The zero-order chi connectivity index (χ0) is 47.1. The number of benzene rings is 3. The van der Waals surface area contributed by atoms with E-state index >= 15 is 0 Å². The first-order valence-corrected chi connectivity index (χ1v) is 24.5. The molecule has 0 bridgehead atoms. The van der Waals surface area contributed by atoms with E-state index in [0.29, 0.717) is 19.8 Å². The molecule has 68 heavy (non-hydrogen) atoms. The van der Waals surface area contributed by atoms with Gasteiger partial charge in [0.2, 0.25) is 11.8 Å². The number of carbonyl (C=O) groups is 3. The van der Waals surface area contributed by atoms with Gasteiger partial charge in [-0.3, -0.25) is 9.59 Å². The summed E-state index contributed by atoms with van der Waals surface area (Å²) in [6, 6.07) is 25.3. The molecule has 15 nitrogen and oxygen atoms in total. The lowest BCUT2D eigenvalue weighted by Gasteiger charge is -2.33. The number of hydrogen-bond acceptors (Lipinski definition) is 10. The Morgan fingerprint density at radius 2 is 1.37 bits per heavy atom. The van der Waals surface area contributed by atoms with Gasteiger partial charge in [0.15, 0.2) is 0 Å². The molecule has 6 aromatic rings. The molecule has 15 heteroatoms. The molecule has 0 saturated carbocycles. The largest absolute Gasteiger partial charge is 0.453 e. The van der Waals surface area contributed by atoms with E-state index in [1.807, 2.05) is 50.1 Å². The van der Waals surface area contributed by atoms with Crippen LogP contribution < -0.4 is 15.1 Å². The number of likely N-dealkylation sites (tertiary alicyclic amines) is 2. The van der Waals surface area contributed by atoms with Crippen molar-refractivity contribution in [2.24, 2.45) is 11.8 Å². The molecule has 4 fully saturated rings. The highest BCUT2D eigenvalue weighted by Gasteiger charge is 2.39. The average Bonchev–Trinajstić information content (AvgIpc) is 4.22. The molecule has 4 aliphatic heterocycles. The molecule has 3 aromatic carbocycles. The van der Waals surface area contributed by atoms with E-state index in [2.05, 4.69) is 97.9 Å². The molecule has 4 aliphatic rings. The predicted octanol–water partition coefficient (Wildman–Crippen LogP) is 8.99. The first-order chi connectivity index (χ1) is 33.0. The SMILES string of the molecule is COC(=O)N[C@H](C(=O)N1CCC[C@H]1c1nc2cc([C@H]3CC[C@H](c4ccc5[nH]c([C@@H]6CCCN6C(=O)[CH]C(C)C)nc5c4)N3c3cccc(-c4ccc(N5CCOCC5)nc4)c3)ccc2[nH]1)C(C)C. The molecule has 1 radical (unpaired) electrons. The van der Waals surface area contributed by atoms with Crippen LogP contribution in [-0.4, -0.2) is 105 Å². The number of anilines is 2. The molecule has 5 atom stereocenters. The van der Waals surface area contributed by atoms with Crippen LogP contribution in [0.15, 0.2) is 79.0 Å². The number of methoxy groups -OCH3 is 1. The summed E-state index contributed by atoms with van der Waals surface area (Å²) in [6.07, 6.45) is 8.46. The number of fused-ring (bicyclic) bond motifs is 2. The average molecular weight is 920 g/mol. The second kappa shape index (κ2) is 19.3. The standard InChI is InChI=1S/C53H63N10O5/c1-32(2)27-48(64)61-21-7-11-45(61)50-55-39-16-13-35(29-41(39)57-50)43-18-19-44(63(43)38-10-6-9-34(28-38)37-15-20-47(54-31-37)60-23-25-68-26-24-60)36-14-17-40-42(30-36)58-51(56-40)46-12-8-22-62(46)52(65)49(33(3)4)59-53(66)67-5/h6,9-10,13-17,20,27-33,43-46,49H,7-8,11-12,18-19,21-26H2,1-5H3,(H,55,57)(H,56,58)(H,59,66)/t43-,44-,45+,46+,49+/m1/s1. The molecule has 7 heterocycles. The van der Waals surface area contributed by atoms with Crippen LogP contribution in [0.2, 0.25) is 0 Å². The van der Waals surface area contributed by atoms with Crippen molar-refractivity contribution in [1.29, 1.82) is 0 Å². The molecule has 3 N–H and O–H groups in total. The number of nitrogens with one attached hydrogen (secondary N) is 3. The third-order valence-corrected chi connectivity index (χ3v) is 14.3. The smallest absolute Gasteiger partial charge is 0.407 e. The van der Waals surface area contributed by atoms with E-state index in [4.69, 9.17) is 24.4 Å². The van der Waals surface area contributed by atoms with Crippen LogP contribution in [0.3, 0.4) is 0 Å². The molecule has 355 valence electrons. The number of pyridine rings is 1. The zero-order valence-electron chi connectivity index (χ0n) is 39.8. The van der Waals surface area contributed by atoms with Gasteiger partial charge in [-0.05, 0) is 116 Å². The van der Waals surface area contributed by atoms with Crippen LogP contribution in [-0.2, 0) is 19.1 Å². The number of morpholine rings is 1. The first-order valence-electron chi connectivity index (χ1n) is 24.5. The summed E-state index contributed by atoms with van der Waals surface area (Å²) in [5.41, 5.74) is 9.23. The van der Waals surface area contributed by atoms with Gasteiger partial charge in [-0.2, -0.15) is 0 Å². The maximum absolute atomic E-state index is 14.0. The maximum atomic E-state index is 14.0. The molecule has 10 rings (SSSR count). The Balaban J connectivity index is 0.974. The Kier molecular flexibility index (Phi) is 12.8. The van der Waals surface area contributed by atoms with Crippen molar-refractivity contribution in [1.82, 2.24) is 40.0 Å². The number of rotatable bonds is 12. The number of carbonyl (C=O) groups excluding carboxylic acids is 3. The summed E-state index contributed by atoms with van der Waals surface area (Å²) in [4.78, 5) is 70.5. The maximum Gasteiger partial charge on any atom is 0.407 e. The second-order valence-corrected chi connectivity index (χ2v) is 19.5. The van der Waals surface area contributed by atoms with Crippen LogP contribution in [0.25, 0.3) is 33.2 Å². The van der Waals surface area contributed by atoms with Gasteiger partial charge in [0.25, 0.3) is 0 Å². The van der Waals surface area contributed by atoms with Crippen molar-refractivity contribution >= 4 is 51.5 Å². The number of ether oxygens (including phenoxy) is 2. The molecular formula is C53H63N10O5. The molecular weight excluding hydrogens is 857 g/mol. The number of nitrogens with zero attached hydrogens (tertiary/aromatic N) is 7. The van der Waals surface area contributed by atoms with Gasteiger partial charge in [0.05, 0.1) is 73.0 Å². The lowest BCUT2D eigenvalue weighted by molar-refractivity contribution is -0.135. The third-order valence-electron chi connectivity index (χ3n) is 14.3. The topological polar surface area (TPSA) is 165 Å². The Labute approximate surface area is 398 Å². The summed E-state index contributed by atoms with van der Waals surface area (Å²) in [6.45, 7) is 12.3. The van der Waals surface area contributed by atoms with Crippen molar-refractivity contribution in [3.8, 4) is 11.1 Å². The summed E-state index contributed by atoms with van der Waals surface area (Å²) in [5, 5.41) is 2.76. The first kappa shape index (κ1) is 45.3. The van der Waals surface area contributed by atoms with Gasteiger partial charge >= 0.3 is 6.09 Å². The van der Waals surface area contributed by atoms with Crippen LogP contribution in [0.4, 0.5) is 16.3 Å². The highest BCUT2D eigenvalue weighted by atomic mass is 16.5. The van der Waals surface area contributed by atoms with Crippen LogP contribution in [0.5, 0.6) is 0 Å². The van der Waals surface area contributed by atoms with Crippen molar-refractivity contribution in [2.75, 3.05) is 56.3 Å². The Bertz CT molecular complexity index is 2780. The fourth-order valence-electron chi connectivity index (χ4n) is 10.9. The number of H-pyrrole nitrogens is 2. The van der Waals surface area contributed by atoms with Gasteiger partial charge in [0.1, 0.15) is 23.5 Å². The van der Waals surface area contributed by atoms with Gasteiger partial charge < -0.3 is 44.4 Å². The number of aromatic nitrogens is 5. The highest BCUT2D eigenvalue weighted by Crippen LogP contribution is 2.48. The van der Waals surface area contributed by atoms with E-state index in [1.54, 1.807) is 0 Å². The summed E-state index contributed by atoms with van der Waals surface area (Å²) >= 11 is 0. The zero-order valence-corrected chi connectivity index (χ0v) is 39.8. The van der Waals surface area contributed by atoms with Gasteiger partial charge in [-0.15, -0.1) is 0 Å². The van der Waals surface area contributed by atoms with Crippen LogP contribution in [0, 0.1) is 18.3 Å². The number of imidazole rings is 2. The second-order valence-electron chi connectivity index (χ2n) is 19.5. The molecule has 4 saturated heterocycles. The minimum Gasteiger partial charge on any atom is -0.453 e. The lowest BCUT2D eigenvalue weighted by Crippen LogP contribution is -2.51. The Morgan fingerprint density at radius 3 is 1.96 bits per heavy atom. The minimum atomic E-state index is -0.706. The van der Waals surface area contributed by atoms with Crippen molar-refractivity contribution in [3.63, 3.8) is 0 Å². The Morgan fingerprint density at radius 1 is 0.735 bits per heavy atom. The third kappa shape index (κ3) is 9.00. The molecule has 0 spiro atoms. The predicted molar refractivity (Wildman–Crippen MR) is 263 cm³/mol. The normalized spacial score (nSPS) is 21.5. The molecule has 3 amide bonds. The van der Waals surface area contributed by atoms with Crippen molar-refractivity contribution in [2.45, 2.75) is 96.4 Å². The van der Waals surface area contributed by atoms with E-state index in [-0.39, 0.29) is 47.8 Å². The van der Waals surface area contributed by atoms with Gasteiger partial charge in [-0.25, -0.2) is 19.7 Å². The minimum absolute atomic E-state index is 0.0306. The molecule has 0 aliphatic carbocycles. The van der Waals surface area contributed by atoms with E-state index in [0.717, 1.165) is 120 Å². The van der Waals surface area contributed by atoms with E-state index in [9.17, 15) is 14.4 Å². The van der Waals surface area contributed by atoms with E-state index < -0.39 is 12.1 Å². The van der Waals surface area contributed by atoms with Gasteiger partial charge in [-0.1, -0.05) is 52.0 Å². The fraction of sp³-hybridized carbons (Fsp3) is 0.453. The van der Waals surface area contributed by atoms with Crippen LogP contribution in [0.1, 0.15) is 113 Å². The van der Waals surface area contributed by atoms with Crippen molar-refractivity contribution < 1.29 is 23.9 Å². The van der Waals surface area contributed by atoms with Crippen LogP contribution >= 0.6 is 0 Å². The van der Waals surface area contributed by atoms with Gasteiger partial charge in [0, 0.05) is 43.6 Å². The Hall–Kier alpha value is -6.48. The summed E-state index contributed by atoms with van der Waals surface area (Å²) in [7, 11) is 1.31. The monoisotopic (exact) mass is 919 g/mol. The quantitative estimate of drug-likeness (QED) is 0.108. The number of alkyl carbamates (subject to hydrolysis) is 1.